The zero-order chi connectivity index (χ0) is 24.6. The minimum absolute atomic E-state index is 0.00112. The van der Waals surface area contributed by atoms with E-state index in [1.54, 1.807) is 17.0 Å². The first-order chi connectivity index (χ1) is 16.8. The molecule has 1 aromatic carbocycles. The van der Waals surface area contributed by atoms with E-state index in [0.717, 1.165) is 47.4 Å². The van der Waals surface area contributed by atoms with Crippen molar-refractivity contribution in [3.05, 3.63) is 40.2 Å². The van der Waals surface area contributed by atoms with Gasteiger partial charge in [-0.1, -0.05) is 35.9 Å². The number of benzene rings is 1. The summed E-state index contributed by atoms with van der Waals surface area (Å²) in [7, 11) is -3.59. The Kier molecular flexibility index (Phi) is 7.48. The van der Waals surface area contributed by atoms with Crippen LogP contribution in [0.25, 0.3) is 10.2 Å². The predicted octanol–water partition coefficient (Wildman–Crippen LogP) is 5.19. The average Bonchev–Trinajstić information content (AvgIpc) is 3.62. The maximum atomic E-state index is 13.8. The van der Waals surface area contributed by atoms with Crippen LogP contribution in [0.3, 0.4) is 0 Å². The molecule has 0 bridgehead atoms. The quantitative estimate of drug-likeness (QED) is 0.402. The molecule has 1 amide bonds. The van der Waals surface area contributed by atoms with E-state index >= 15 is 0 Å². The number of ether oxygens (including phenoxy) is 1. The molecule has 5 rings (SSSR count). The number of nitrogens with zero attached hydrogens (tertiary/aromatic N) is 3. The fourth-order valence-corrected chi connectivity index (χ4v) is 8.82. The van der Waals surface area contributed by atoms with Gasteiger partial charge in [0, 0.05) is 25.6 Å². The Bertz CT molecular complexity index is 1310. The van der Waals surface area contributed by atoms with Gasteiger partial charge in [-0.3, -0.25) is 9.69 Å². The summed E-state index contributed by atoms with van der Waals surface area (Å²) in [5.41, 5.74) is 2.13. The molecule has 11 heteroatoms. The van der Waals surface area contributed by atoms with Crippen molar-refractivity contribution >= 4 is 65.6 Å². The lowest BCUT2D eigenvalue weighted by atomic mass is 9.96. The zero-order valence-corrected chi connectivity index (χ0v) is 22.7. The Balaban J connectivity index is 1.34. The lowest BCUT2D eigenvalue weighted by molar-refractivity contribution is -0.123. The van der Waals surface area contributed by atoms with Crippen molar-refractivity contribution < 1.29 is 17.9 Å². The lowest BCUT2D eigenvalue weighted by Crippen LogP contribution is -2.46. The first kappa shape index (κ1) is 25.1. The molecule has 1 unspecified atom stereocenters. The monoisotopic (exact) mass is 553 g/mol. The molecule has 188 valence electrons. The largest absolute Gasteiger partial charge is 0.376 e. The summed E-state index contributed by atoms with van der Waals surface area (Å²) in [4.78, 5) is 20.4. The summed E-state index contributed by atoms with van der Waals surface area (Å²) < 4.78 is 35.0. The van der Waals surface area contributed by atoms with Crippen molar-refractivity contribution in [3.8, 4) is 0 Å². The molecule has 0 aliphatic carbocycles. The summed E-state index contributed by atoms with van der Waals surface area (Å²) in [5.74, 6) is -0.250. The Morgan fingerprint density at radius 2 is 2.00 bits per heavy atom. The zero-order valence-electron chi connectivity index (χ0n) is 19.5. The van der Waals surface area contributed by atoms with Gasteiger partial charge in [0.2, 0.25) is 5.91 Å². The van der Waals surface area contributed by atoms with E-state index in [0.29, 0.717) is 41.9 Å². The number of fused-ring (bicyclic) bond motifs is 1. The highest BCUT2D eigenvalue weighted by Crippen LogP contribution is 2.34. The number of thiazole rings is 1. The number of piperidine rings is 1. The van der Waals surface area contributed by atoms with Crippen molar-refractivity contribution in [2.24, 2.45) is 5.92 Å². The molecule has 0 radical (unpaired) electrons. The maximum absolute atomic E-state index is 13.8. The van der Waals surface area contributed by atoms with E-state index in [2.05, 4.69) is 19.1 Å². The topological polar surface area (TPSA) is 79.8 Å². The van der Waals surface area contributed by atoms with E-state index < -0.39 is 10.0 Å². The first-order valence-electron chi connectivity index (χ1n) is 11.9. The minimum Gasteiger partial charge on any atom is -0.376 e. The van der Waals surface area contributed by atoms with E-state index in [-0.39, 0.29) is 22.1 Å². The second kappa shape index (κ2) is 10.4. The molecule has 2 fully saturated rings. The van der Waals surface area contributed by atoms with Gasteiger partial charge >= 0.3 is 0 Å². The summed E-state index contributed by atoms with van der Waals surface area (Å²) in [6.45, 7) is 3.93. The maximum Gasteiger partial charge on any atom is 0.252 e. The highest BCUT2D eigenvalue weighted by atomic mass is 35.5. The number of hydrogen-bond donors (Lipinski definition) is 0. The number of carbonyl (C=O) groups is 1. The highest BCUT2D eigenvalue weighted by Gasteiger charge is 2.36. The molecule has 7 nitrogen and oxygen atoms in total. The molecule has 0 saturated carbocycles. The van der Waals surface area contributed by atoms with Crippen LogP contribution in [0, 0.1) is 5.92 Å². The number of hydrogen-bond acceptors (Lipinski definition) is 7. The van der Waals surface area contributed by atoms with Gasteiger partial charge in [0.25, 0.3) is 10.0 Å². The number of amides is 1. The van der Waals surface area contributed by atoms with Crippen molar-refractivity contribution in [1.82, 2.24) is 9.29 Å². The third kappa shape index (κ3) is 5.28. The molecule has 4 heterocycles. The number of rotatable bonds is 7. The van der Waals surface area contributed by atoms with Crippen molar-refractivity contribution in [1.29, 1.82) is 0 Å². The highest BCUT2D eigenvalue weighted by molar-refractivity contribution is 7.91. The number of anilines is 1. The Hall–Kier alpha value is -1.56. The molecular weight excluding hydrogens is 526 g/mol. The van der Waals surface area contributed by atoms with Crippen LogP contribution in [0.1, 0.15) is 38.2 Å². The number of aromatic nitrogens is 1. The van der Waals surface area contributed by atoms with Gasteiger partial charge in [-0.25, -0.2) is 13.4 Å². The van der Waals surface area contributed by atoms with Gasteiger partial charge in [0.15, 0.2) is 5.13 Å². The molecule has 35 heavy (non-hydrogen) atoms. The number of thiophene rings is 1. The predicted molar refractivity (Wildman–Crippen MR) is 141 cm³/mol. The van der Waals surface area contributed by atoms with Crippen LogP contribution in [0.4, 0.5) is 5.13 Å². The van der Waals surface area contributed by atoms with Gasteiger partial charge in [-0.2, -0.15) is 4.31 Å². The van der Waals surface area contributed by atoms with E-state index in [4.69, 9.17) is 21.3 Å². The van der Waals surface area contributed by atoms with Crippen LogP contribution < -0.4 is 4.90 Å². The molecule has 0 spiro atoms. The molecule has 2 aromatic heterocycles. The molecule has 3 aromatic rings. The fourth-order valence-electron chi connectivity index (χ4n) is 4.67. The minimum atomic E-state index is -3.59. The SMILES string of the molecule is CCc1ccc2nc(N(CC3CCCO3)C(=O)C3CCN(S(=O)(=O)c4ccc(Cl)s4)CC3)sc2c1. The normalized spacial score (nSPS) is 20.0. The molecule has 2 aliphatic heterocycles. The standard InChI is InChI=1S/C24H28ClN3O4S3/c1-2-16-5-6-19-20(14-16)33-24(26-19)28(15-18-4-3-13-32-18)23(29)17-9-11-27(12-10-17)35(30,31)22-8-7-21(25)34-22/h5-8,14,17-18H,2-4,9-13,15H2,1H3. The van der Waals surface area contributed by atoms with Crippen molar-refractivity contribution in [3.63, 3.8) is 0 Å². The second-order valence-electron chi connectivity index (χ2n) is 8.97. The fraction of sp³-hybridized carbons (Fsp3) is 0.500. The molecular formula is C24H28ClN3O4S3. The summed E-state index contributed by atoms with van der Waals surface area (Å²) >= 11 is 8.54. The van der Waals surface area contributed by atoms with Crippen molar-refractivity contribution in [2.75, 3.05) is 31.1 Å². The van der Waals surface area contributed by atoms with Crippen LogP contribution in [-0.4, -0.2) is 56.0 Å². The van der Waals surface area contributed by atoms with Gasteiger partial charge in [0.05, 0.1) is 27.2 Å². The molecule has 1 atom stereocenters. The van der Waals surface area contributed by atoms with E-state index in [1.165, 1.54) is 21.2 Å². The van der Waals surface area contributed by atoms with Gasteiger partial charge in [0.1, 0.15) is 4.21 Å². The first-order valence-corrected chi connectivity index (χ1v) is 15.4. The van der Waals surface area contributed by atoms with E-state index in [9.17, 15) is 13.2 Å². The van der Waals surface area contributed by atoms with Gasteiger partial charge < -0.3 is 4.74 Å². The van der Waals surface area contributed by atoms with Gasteiger partial charge in [-0.15, -0.1) is 11.3 Å². The summed E-state index contributed by atoms with van der Waals surface area (Å²) in [6.07, 6.45) is 3.82. The molecule has 2 aliphatic rings. The lowest BCUT2D eigenvalue weighted by Gasteiger charge is -2.33. The average molecular weight is 554 g/mol. The van der Waals surface area contributed by atoms with Crippen LogP contribution in [0.5, 0.6) is 0 Å². The smallest absolute Gasteiger partial charge is 0.252 e. The third-order valence-corrected chi connectivity index (χ3v) is 11.3. The Labute approximate surface area is 218 Å². The van der Waals surface area contributed by atoms with E-state index in [1.807, 2.05) is 6.07 Å². The van der Waals surface area contributed by atoms with Gasteiger partial charge in [-0.05, 0) is 61.9 Å². The van der Waals surface area contributed by atoms with Crippen LogP contribution in [0.15, 0.2) is 34.5 Å². The number of carbonyl (C=O) groups excluding carboxylic acids is 1. The Morgan fingerprint density at radius 1 is 1.20 bits per heavy atom. The second-order valence-corrected chi connectivity index (χ2v) is 13.9. The molecule has 0 N–H and O–H groups in total. The number of sulfonamides is 1. The van der Waals surface area contributed by atoms with Crippen LogP contribution in [-0.2, 0) is 26.0 Å². The summed E-state index contributed by atoms with van der Waals surface area (Å²) in [5, 5.41) is 0.692. The Morgan fingerprint density at radius 3 is 2.66 bits per heavy atom. The summed E-state index contributed by atoms with van der Waals surface area (Å²) in [6, 6.07) is 9.38. The van der Waals surface area contributed by atoms with Crippen LogP contribution >= 0.6 is 34.3 Å². The van der Waals surface area contributed by atoms with Crippen LogP contribution in [0.2, 0.25) is 4.34 Å². The third-order valence-electron chi connectivity index (χ3n) is 6.70. The number of aryl methyl sites for hydroxylation is 1. The van der Waals surface area contributed by atoms with Crippen molar-refractivity contribution in [2.45, 2.75) is 49.3 Å². The molecule has 2 saturated heterocycles. The number of halogens is 1.